The highest BCUT2D eigenvalue weighted by Crippen LogP contribution is 2.31. The third-order valence-corrected chi connectivity index (χ3v) is 4.54. The molecule has 1 aromatic carbocycles. The van der Waals surface area contributed by atoms with Crippen LogP contribution in [0, 0.1) is 5.92 Å². The molecule has 0 saturated heterocycles. The maximum absolute atomic E-state index is 4.63. The van der Waals surface area contributed by atoms with Gasteiger partial charge in [-0.3, -0.25) is 0 Å². The first-order chi connectivity index (χ1) is 9.22. The van der Waals surface area contributed by atoms with Crippen LogP contribution in [0.1, 0.15) is 13.8 Å². The van der Waals surface area contributed by atoms with Crippen molar-refractivity contribution in [3.05, 3.63) is 29.6 Å². The normalized spacial score (nSPS) is 11.3. The van der Waals surface area contributed by atoms with Crippen LogP contribution in [0.25, 0.3) is 20.9 Å². The van der Waals surface area contributed by atoms with Gasteiger partial charge in [0.1, 0.15) is 10.7 Å². The highest BCUT2D eigenvalue weighted by Gasteiger charge is 2.09. The lowest BCUT2D eigenvalue weighted by molar-refractivity contribution is 0.688. The van der Waals surface area contributed by atoms with E-state index >= 15 is 0 Å². The second kappa shape index (κ2) is 5.27. The molecule has 0 spiro atoms. The molecular weight excluding hydrogens is 274 g/mol. The second-order valence-electron chi connectivity index (χ2n) is 4.80. The standard InChI is InChI=1S/C14H15N3S2/c1-9(2)7-15-14-17-11(8-18-14)13-16-10-5-3-4-6-12(10)19-13/h3-6,8-9H,7H2,1-2H3,(H,15,17). The first-order valence-corrected chi connectivity index (χ1v) is 7.97. The number of thiazole rings is 2. The summed E-state index contributed by atoms with van der Waals surface area (Å²) in [5.74, 6) is 0.620. The molecule has 2 aromatic heterocycles. The number of nitrogens with zero attached hydrogens (tertiary/aromatic N) is 2. The number of fused-ring (bicyclic) bond motifs is 1. The van der Waals surface area contributed by atoms with E-state index in [-0.39, 0.29) is 0 Å². The molecule has 3 rings (SSSR count). The summed E-state index contributed by atoms with van der Waals surface area (Å²) in [4.78, 5) is 9.23. The summed E-state index contributed by atoms with van der Waals surface area (Å²) in [5.41, 5.74) is 2.02. The lowest BCUT2D eigenvalue weighted by Gasteiger charge is -2.04. The minimum Gasteiger partial charge on any atom is -0.361 e. The Kier molecular flexibility index (Phi) is 3.48. The summed E-state index contributed by atoms with van der Waals surface area (Å²) < 4.78 is 1.21. The van der Waals surface area contributed by atoms with Crippen molar-refractivity contribution in [1.82, 2.24) is 9.97 Å². The maximum Gasteiger partial charge on any atom is 0.183 e. The molecule has 0 aliphatic rings. The lowest BCUT2D eigenvalue weighted by Crippen LogP contribution is -2.07. The van der Waals surface area contributed by atoms with E-state index in [9.17, 15) is 0 Å². The Bertz CT molecular complexity index is 652. The van der Waals surface area contributed by atoms with Crippen LogP contribution in [-0.4, -0.2) is 16.5 Å². The summed E-state index contributed by atoms with van der Waals surface area (Å²) in [6, 6.07) is 8.20. The molecule has 0 aliphatic heterocycles. The number of aromatic nitrogens is 2. The van der Waals surface area contributed by atoms with Gasteiger partial charge in [-0.1, -0.05) is 26.0 Å². The van der Waals surface area contributed by atoms with Crippen molar-refractivity contribution in [2.45, 2.75) is 13.8 Å². The molecule has 0 unspecified atom stereocenters. The number of hydrogen-bond acceptors (Lipinski definition) is 5. The van der Waals surface area contributed by atoms with Gasteiger partial charge in [0.2, 0.25) is 0 Å². The van der Waals surface area contributed by atoms with E-state index in [1.54, 1.807) is 22.7 Å². The van der Waals surface area contributed by atoms with E-state index in [0.29, 0.717) is 5.92 Å². The number of anilines is 1. The second-order valence-corrected chi connectivity index (χ2v) is 6.69. The summed E-state index contributed by atoms with van der Waals surface area (Å²) >= 11 is 3.33. The molecule has 2 heterocycles. The molecule has 19 heavy (non-hydrogen) atoms. The van der Waals surface area contributed by atoms with Crippen LogP contribution < -0.4 is 5.32 Å². The van der Waals surface area contributed by atoms with Crippen LogP contribution in [0.5, 0.6) is 0 Å². The van der Waals surface area contributed by atoms with Crippen molar-refractivity contribution in [3.8, 4) is 10.7 Å². The molecule has 0 saturated carbocycles. The first-order valence-electron chi connectivity index (χ1n) is 6.28. The van der Waals surface area contributed by atoms with Crippen LogP contribution in [0.2, 0.25) is 0 Å². The highest BCUT2D eigenvalue weighted by molar-refractivity contribution is 7.22. The van der Waals surface area contributed by atoms with Gasteiger partial charge in [-0.15, -0.1) is 22.7 Å². The third-order valence-electron chi connectivity index (χ3n) is 2.68. The number of para-hydroxylation sites is 1. The van der Waals surface area contributed by atoms with E-state index < -0.39 is 0 Å². The van der Waals surface area contributed by atoms with Crippen molar-refractivity contribution in [2.24, 2.45) is 5.92 Å². The molecular formula is C14H15N3S2. The highest BCUT2D eigenvalue weighted by atomic mass is 32.1. The number of hydrogen-bond donors (Lipinski definition) is 1. The van der Waals surface area contributed by atoms with Crippen LogP contribution in [0.15, 0.2) is 29.6 Å². The predicted molar refractivity (Wildman–Crippen MR) is 84.1 cm³/mol. The molecule has 0 bridgehead atoms. The van der Waals surface area contributed by atoms with Gasteiger partial charge in [0, 0.05) is 11.9 Å². The Morgan fingerprint density at radius 3 is 2.84 bits per heavy atom. The van der Waals surface area contributed by atoms with E-state index in [2.05, 4.69) is 40.6 Å². The van der Waals surface area contributed by atoms with Crippen LogP contribution in [-0.2, 0) is 0 Å². The van der Waals surface area contributed by atoms with Gasteiger partial charge >= 0.3 is 0 Å². The van der Waals surface area contributed by atoms with Crippen molar-refractivity contribution < 1.29 is 0 Å². The molecule has 0 amide bonds. The van der Waals surface area contributed by atoms with Crippen LogP contribution in [0.3, 0.4) is 0 Å². The molecule has 98 valence electrons. The zero-order valence-electron chi connectivity index (χ0n) is 10.9. The molecule has 3 nitrogen and oxygen atoms in total. The minimum atomic E-state index is 0.620. The Hall–Kier alpha value is -1.46. The molecule has 0 fully saturated rings. The Morgan fingerprint density at radius 1 is 1.21 bits per heavy atom. The quantitative estimate of drug-likeness (QED) is 0.769. The SMILES string of the molecule is CC(C)CNc1nc(-c2nc3ccccc3s2)cs1. The van der Waals surface area contributed by atoms with Gasteiger partial charge in [-0.25, -0.2) is 9.97 Å². The van der Waals surface area contributed by atoms with E-state index in [4.69, 9.17) is 0 Å². The number of benzene rings is 1. The van der Waals surface area contributed by atoms with Gasteiger partial charge < -0.3 is 5.32 Å². The van der Waals surface area contributed by atoms with Crippen molar-refractivity contribution in [1.29, 1.82) is 0 Å². The zero-order valence-corrected chi connectivity index (χ0v) is 12.5. The van der Waals surface area contributed by atoms with Crippen molar-refractivity contribution in [2.75, 3.05) is 11.9 Å². The first kappa shape index (κ1) is 12.6. The van der Waals surface area contributed by atoms with Gasteiger partial charge in [0.15, 0.2) is 5.13 Å². The summed E-state index contributed by atoms with van der Waals surface area (Å²) in [6.45, 7) is 5.33. The zero-order chi connectivity index (χ0) is 13.2. The summed E-state index contributed by atoms with van der Waals surface area (Å²) in [7, 11) is 0. The van der Waals surface area contributed by atoms with Gasteiger partial charge in [0.05, 0.1) is 10.2 Å². The minimum absolute atomic E-state index is 0.620. The maximum atomic E-state index is 4.63. The Balaban J connectivity index is 1.85. The fourth-order valence-electron chi connectivity index (χ4n) is 1.73. The van der Waals surface area contributed by atoms with Crippen LogP contribution in [0.4, 0.5) is 5.13 Å². The van der Waals surface area contributed by atoms with Gasteiger partial charge in [-0.2, -0.15) is 0 Å². The fraction of sp³-hybridized carbons (Fsp3) is 0.286. The lowest BCUT2D eigenvalue weighted by atomic mass is 10.2. The Labute approximate surface area is 120 Å². The van der Waals surface area contributed by atoms with E-state index in [1.165, 1.54) is 4.70 Å². The van der Waals surface area contributed by atoms with Crippen LogP contribution >= 0.6 is 22.7 Å². The Morgan fingerprint density at radius 2 is 2.05 bits per heavy atom. The molecule has 0 aliphatic carbocycles. The average Bonchev–Trinajstić information content (AvgIpc) is 3.02. The predicted octanol–water partition coefficient (Wildman–Crippen LogP) is 4.49. The van der Waals surface area contributed by atoms with E-state index in [1.807, 2.05) is 18.2 Å². The smallest absolute Gasteiger partial charge is 0.183 e. The number of nitrogens with one attached hydrogen (secondary N) is 1. The van der Waals surface area contributed by atoms with E-state index in [0.717, 1.165) is 27.9 Å². The molecule has 3 aromatic rings. The monoisotopic (exact) mass is 289 g/mol. The molecule has 1 N–H and O–H groups in total. The third kappa shape index (κ3) is 2.77. The molecule has 5 heteroatoms. The van der Waals surface area contributed by atoms with Gasteiger partial charge in [0.25, 0.3) is 0 Å². The van der Waals surface area contributed by atoms with Crippen molar-refractivity contribution in [3.63, 3.8) is 0 Å². The van der Waals surface area contributed by atoms with Crippen molar-refractivity contribution >= 4 is 38.0 Å². The summed E-state index contributed by atoms with van der Waals surface area (Å²) in [5, 5.41) is 7.39. The summed E-state index contributed by atoms with van der Waals surface area (Å²) in [6.07, 6.45) is 0. The molecule has 0 radical (unpaired) electrons. The fourth-order valence-corrected chi connectivity index (χ4v) is 3.43. The largest absolute Gasteiger partial charge is 0.361 e. The topological polar surface area (TPSA) is 37.8 Å². The number of rotatable bonds is 4. The van der Waals surface area contributed by atoms with Gasteiger partial charge in [-0.05, 0) is 18.1 Å². The average molecular weight is 289 g/mol. The molecule has 0 atom stereocenters.